The molecule has 0 atom stereocenters. The Morgan fingerprint density at radius 2 is 1.71 bits per heavy atom. The number of nitrogens with zero attached hydrogens (tertiary/aromatic N) is 1. The largest absolute Gasteiger partial charge is 0.451 e. The van der Waals surface area contributed by atoms with Gasteiger partial charge >= 0.3 is 0 Å². The Morgan fingerprint density at radius 3 is 2.38 bits per heavy atom. The normalized spacial score (nSPS) is 10.4. The van der Waals surface area contributed by atoms with Crippen LogP contribution in [0.15, 0.2) is 65.3 Å². The number of amides is 1. The molecule has 0 saturated carbocycles. The first-order valence-electron chi connectivity index (χ1n) is 7.52. The van der Waals surface area contributed by atoms with E-state index in [-0.39, 0.29) is 17.5 Å². The molecular weight excluding hydrogens is 304 g/mol. The van der Waals surface area contributed by atoms with Gasteiger partial charge in [0.2, 0.25) is 0 Å². The molecule has 1 aromatic carbocycles. The first-order valence-corrected chi connectivity index (χ1v) is 7.52. The maximum atomic E-state index is 12.1. The molecule has 5 heteroatoms. The van der Waals surface area contributed by atoms with Crippen molar-refractivity contribution in [1.82, 2.24) is 10.3 Å². The smallest absolute Gasteiger partial charge is 0.287 e. The summed E-state index contributed by atoms with van der Waals surface area (Å²) >= 11 is 0. The molecule has 0 fully saturated rings. The highest BCUT2D eigenvalue weighted by atomic mass is 16.3. The first-order chi connectivity index (χ1) is 11.6. The zero-order valence-electron chi connectivity index (χ0n) is 13.2. The number of hydrogen-bond donors (Lipinski definition) is 1. The number of nitrogens with one attached hydrogen (secondary N) is 1. The number of carbonyl (C=O) groups excluding carboxylic acids is 2. The van der Waals surface area contributed by atoms with Crippen molar-refractivity contribution in [3.05, 3.63) is 77.8 Å². The fraction of sp³-hybridized carbons (Fsp3) is 0.105. The number of ketones is 1. The lowest BCUT2D eigenvalue weighted by Gasteiger charge is -2.03. The van der Waals surface area contributed by atoms with E-state index in [0.717, 1.165) is 11.1 Å². The van der Waals surface area contributed by atoms with E-state index in [0.29, 0.717) is 17.9 Å². The standard InChI is InChI=1S/C19H16N2O3/c1-13(22)15-2-4-16(5-3-15)17-6-7-18(24-17)19(23)21-12-14-8-10-20-11-9-14/h2-11H,12H2,1H3,(H,21,23). The quantitative estimate of drug-likeness (QED) is 0.731. The molecule has 5 nitrogen and oxygen atoms in total. The number of aromatic nitrogens is 1. The summed E-state index contributed by atoms with van der Waals surface area (Å²) in [5.74, 6) is 0.560. The molecule has 0 aliphatic carbocycles. The SMILES string of the molecule is CC(=O)c1ccc(-c2ccc(C(=O)NCc3ccncc3)o2)cc1. The molecule has 2 heterocycles. The van der Waals surface area contributed by atoms with Gasteiger partial charge in [-0.1, -0.05) is 24.3 Å². The van der Waals surface area contributed by atoms with Gasteiger partial charge in [0.25, 0.3) is 5.91 Å². The lowest BCUT2D eigenvalue weighted by molar-refractivity contribution is 0.0923. The van der Waals surface area contributed by atoms with Crippen molar-refractivity contribution in [3.8, 4) is 11.3 Å². The second kappa shape index (κ2) is 6.91. The van der Waals surface area contributed by atoms with Crippen LogP contribution in [-0.4, -0.2) is 16.7 Å². The average Bonchev–Trinajstić information content (AvgIpc) is 3.11. The van der Waals surface area contributed by atoms with Crippen molar-refractivity contribution < 1.29 is 14.0 Å². The number of pyridine rings is 1. The Bertz CT molecular complexity index is 852. The van der Waals surface area contributed by atoms with Crippen LogP contribution < -0.4 is 5.32 Å². The van der Waals surface area contributed by atoms with Crippen molar-refractivity contribution >= 4 is 11.7 Å². The molecule has 0 aliphatic rings. The maximum absolute atomic E-state index is 12.1. The van der Waals surface area contributed by atoms with Crippen molar-refractivity contribution in [2.75, 3.05) is 0 Å². The summed E-state index contributed by atoms with van der Waals surface area (Å²) in [6.07, 6.45) is 3.36. The molecular formula is C19H16N2O3. The Labute approximate surface area is 139 Å². The van der Waals surface area contributed by atoms with Crippen LogP contribution >= 0.6 is 0 Å². The van der Waals surface area contributed by atoms with Gasteiger partial charge in [0, 0.05) is 30.1 Å². The highest BCUT2D eigenvalue weighted by Crippen LogP contribution is 2.22. The third-order valence-electron chi connectivity index (χ3n) is 3.61. The highest BCUT2D eigenvalue weighted by molar-refractivity contribution is 5.94. The maximum Gasteiger partial charge on any atom is 0.287 e. The van der Waals surface area contributed by atoms with Gasteiger partial charge in [-0.05, 0) is 36.8 Å². The number of hydrogen-bond acceptors (Lipinski definition) is 4. The molecule has 1 amide bonds. The molecule has 120 valence electrons. The number of carbonyl (C=O) groups is 2. The van der Waals surface area contributed by atoms with E-state index in [1.807, 2.05) is 12.1 Å². The van der Waals surface area contributed by atoms with E-state index >= 15 is 0 Å². The Hall–Kier alpha value is -3.21. The van der Waals surface area contributed by atoms with Gasteiger partial charge in [-0.2, -0.15) is 0 Å². The van der Waals surface area contributed by atoms with Gasteiger partial charge in [-0.25, -0.2) is 0 Å². The zero-order valence-corrected chi connectivity index (χ0v) is 13.2. The van der Waals surface area contributed by atoms with Crippen LogP contribution in [0.2, 0.25) is 0 Å². The molecule has 0 saturated heterocycles. The third kappa shape index (κ3) is 3.57. The minimum absolute atomic E-state index is 0.0113. The molecule has 3 aromatic rings. The summed E-state index contributed by atoms with van der Waals surface area (Å²) in [4.78, 5) is 27.4. The summed E-state index contributed by atoms with van der Waals surface area (Å²) in [5, 5.41) is 2.80. The Morgan fingerprint density at radius 1 is 1.00 bits per heavy atom. The molecule has 0 spiro atoms. The van der Waals surface area contributed by atoms with E-state index in [4.69, 9.17) is 4.42 Å². The summed E-state index contributed by atoms with van der Waals surface area (Å²) in [7, 11) is 0. The summed E-state index contributed by atoms with van der Waals surface area (Å²) in [6.45, 7) is 1.93. The van der Waals surface area contributed by atoms with Crippen molar-refractivity contribution in [2.24, 2.45) is 0 Å². The van der Waals surface area contributed by atoms with E-state index < -0.39 is 0 Å². The molecule has 0 bridgehead atoms. The summed E-state index contributed by atoms with van der Waals surface area (Å²) in [5.41, 5.74) is 2.42. The van der Waals surface area contributed by atoms with Crippen LogP contribution in [0.1, 0.15) is 33.4 Å². The van der Waals surface area contributed by atoms with Crippen LogP contribution in [-0.2, 0) is 6.54 Å². The van der Waals surface area contributed by atoms with E-state index in [1.54, 1.807) is 48.8 Å². The monoisotopic (exact) mass is 320 g/mol. The number of Topliss-reactive ketones (excluding diaryl/α,β-unsaturated/α-hetero) is 1. The fourth-order valence-corrected chi connectivity index (χ4v) is 2.25. The van der Waals surface area contributed by atoms with Crippen molar-refractivity contribution in [1.29, 1.82) is 0 Å². The molecule has 0 unspecified atom stereocenters. The van der Waals surface area contributed by atoms with Crippen LogP contribution in [0.5, 0.6) is 0 Å². The minimum Gasteiger partial charge on any atom is -0.451 e. The number of furan rings is 1. The lowest BCUT2D eigenvalue weighted by atomic mass is 10.1. The second-order valence-electron chi connectivity index (χ2n) is 5.34. The summed E-state index contributed by atoms with van der Waals surface area (Å²) in [6, 6.07) is 14.1. The van der Waals surface area contributed by atoms with Crippen LogP contribution in [0.25, 0.3) is 11.3 Å². The molecule has 2 aromatic heterocycles. The van der Waals surface area contributed by atoms with Crippen LogP contribution in [0.4, 0.5) is 0 Å². The lowest BCUT2D eigenvalue weighted by Crippen LogP contribution is -2.22. The van der Waals surface area contributed by atoms with Gasteiger partial charge in [-0.3, -0.25) is 14.6 Å². The van der Waals surface area contributed by atoms with Crippen LogP contribution in [0.3, 0.4) is 0 Å². The van der Waals surface area contributed by atoms with Crippen molar-refractivity contribution in [2.45, 2.75) is 13.5 Å². The molecule has 0 radical (unpaired) electrons. The average molecular weight is 320 g/mol. The van der Waals surface area contributed by atoms with Gasteiger partial charge in [-0.15, -0.1) is 0 Å². The second-order valence-corrected chi connectivity index (χ2v) is 5.34. The van der Waals surface area contributed by atoms with Crippen LogP contribution in [0, 0.1) is 0 Å². The van der Waals surface area contributed by atoms with E-state index in [2.05, 4.69) is 10.3 Å². The Balaban J connectivity index is 1.68. The predicted molar refractivity (Wildman–Crippen MR) is 89.6 cm³/mol. The van der Waals surface area contributed by atoms with Gasteiger partial charge in [0.1, 0.15) is 5.76 Å². The molecule has 1 N–H and O–H groups in total. The zero-order chi connectivity index (χ0) is 16.9. The van der Waals surface area contributed by atoms with E-state index in [1.165, 1.54) is 6.92 Å². The molecule has 3 rings (SSSR count). The summed E-state index contributed by atoms with van der Waals surface area (Å²) < 4.78 is 5.61. The van der Waals surface area contributed by atoms with Gasteiger partial charge < -0.3 is 9.73 Å². The highest BCUT2D eigenvalue weighted by Gasteiger charge is 2.12. The number of benzene rings is 1. The minimum atomic E-state index is -0.279. The fourth-order valence-electron chi connectivity index (χ4n) is 2.25. The topological polar surface area (TPSA) is 72.2 Å². The van der Waals surface area contributed by atoms with Crippen molar-refractivity contribution in [3.63, 3.8) is 0 Å². The predicted octanol–water partition coefficient (Wildman–Crippen LogP) is 3.47. The molecule has 0 aliphatic heterocycles. The number of rotatable bonds is 5. The third-order valence-corrected chi connectivity index (χ3v) is 3.61. The van der Waals surface area contributed by atoms with E-state index in [9.17, 15) is 9.59 Å². The Kier molecular flexibility index (Phi) is 4.52. The molecule has 24 heavy (non-hydrogen) atoms. The van der Waals surface area contributed by atoms with Gasteiger partial charge in [0.15, 0.2) is 11.5 Å². The van der Waals surface area contributed by atoms with Gasteiger partial charge in [0.05, 0.1) is 0 Å². The first kappa shape index (κ1) is 15.7.